The second-order valence-corrected chi connectivity index (χ2v) is 3.71. The van der Waals surface area contributed by atoms with E-state index < -0.39 is 0 Å². The third-order valence-corrected chi connectivity index (χ3v) is 2.64. The van der Waals surface area contributed by atoms with Gasteiger partial charge in [0.1, 0.15) is 0 Å². The lowest BCUT2D eigenvalue weighted by Crippen LogP contribution is -2.65. The molecule has 0 rings (SSSR count). The van der Waals surface area contributed by atoms with Crippen LogP contribution in [0.3, 0.4) is 0 Å². The standard InChI is InChI=1S/C9H23N3/c1-7(2)8(10-4)9(3,11-5)12-6/h7-8,10-12H,1-6H3. The Balaban J connectivity index is 4.43. The van der Waals surface area contributed by atoms with Crippen molar-refractivity contribution in [1.82, 2.24) is 16.0 Å². The lowest BCUT2D eigenvalue weighted by molar-refractivity contribution is 0.194. The van der Waals surface area contributed by atoms with E-state index in [1.807, 2.05) is 21.1 Å². The van der Waals surface area contributed by atoms with Gasteiger partial charge in [-0.1, -0.05) is 13.8 Å². The molecule has 0 aliphatic heterocycles. The van der Waals surface area contributed by atoms with Crippen molar-refractivity contribution in [3.8, 4) is 0 Å². The molecule has 1 unspecified atom stereocenters. The minimum Gasteiger partial charge on any atom is -0.314 e. The van der Waals surface area contributed by atoms with Gasteiger partial charge >= 0.3 is 0 Å². The van der Waals surface area contributed by atoms with E-state index in [4.69, 9.17) is 0 Å². The molecular weight excluding hydrogens is 150 g/mol. The molecule has 0 saturated heterocycles. The van der Waals surface area contributed by atoms with E-state index in [9.17, 15) is 0 Å². The highest BCUT2D eigenvalue weighted by Crippen LogP contribution is 2.13. The van der Waals surface area contributed by atoms with Crippen LogP contribution < -0.4 is 16.0 Å². The molecule has 3 heteroatoms. The van der Waals surface area contributed by atoms with Crippen molar-refractivity contribution in [2.45, 2.75) is 32.5 Å². The summed E-state index contributed by atoms with van der Waals surface area (Å²) in [6.45, 7) is 6.59. The van der Waals surface area contributed by atoms with Gasteiger partial charge in [0.25, 0.3) is 0 Å². The SMILES string of the molecule is CNC(C(C)C)C(C)(NC)NC. The molecule has 0 aliphatic carbocycles. The van der Waals surface area contributed by atoms with Crippen LogP contribution in [0.1, 0.15) is 20.8 Å². The quantitative estimate of drug-likeness (QED) is 0.526. The molecule has 0 aliphatic rings. The van der Waals surface area contributed by atoms with Crippen LogP contribution in [-0.4, -0.2) is 32.8 Å². The summed E-state index contributed by atoms with van der Waals surface area (Å²) >= 11 is 0. The first kappa shape index (κ1) is 11.9. The van der Waals surface area contributed by atoms with Crippen LogP contribution in [0.4, 0.5) is 0 Å². The molecule has 0 aromatic carbocycles. The molecule has 0 amide bonds. The molecule has 0 spiro atoms. The van der Waals surface area contributed by atoms with Crippen LogP contribution >= 0.6 is 0 Å². The van der Waals surface area contributed by atoms with Crippen molar-refractivity contribution in [1.29, 1.82) is 0 Å². The van der Waals surface area contributed by atoms with Gasteiger partial charge in [-0.05, 0) is 34.0 Å². The Kier molecular flexibility index (Phi) is 4.75. The third-order valence-electron chi connectivity index (χ3n) is 2.64. The molecule has 74 valence electrons. The van der Waals surface area contributed by atoms with Crippen molar-refractivity contribution in [2.24, 2.45) is 5.92 Å². The number of rotatable bonds is 5. The first-order chi connectivity index (χ1) is 5.51. The van der Waals surface area contributed by atoms with E-state index in [0.717, 1.165) is 0 Å². The van der Waals surface area contributed by atoms with Crippen molar-refractivity contribution in [3.05, 3.63) is 0 Å². The molecule has 0 bridgehead atoms. The summed E-state index contributed by atoms with van der Waals surface area (Å²) in [5.41, 5.74) is -0.0388. The second kappa shape index (κ2) is 4.80. The molecule has 1 atom stereocenters. The zero-order valence-corrected chi connectivity index (χ0v) is 9.15. The number of nitrogens with one attached hydrogen (secondary N) is 3. The Labute approximate surface area is 76.3 Å². The Bertz CT molecular complexity index is 119. The highest BCUT2D eigenvalue weighted by Gasteiger charge is 2.31. The van der Waals surface area contributed by atoms with E-state index >= 15 is 0 Å². The minimum atomic E-state index is -0.0388. The van der Waals surface area contributed by atoms with Crippen LogP contribution in [0.5, 0.6) is 0 Å². The Morgan fingerprint density at radius 2 is 1.42 bits per heavy atom. The molecule has 12 heavy (non-hydrogen) atoms. The average Bonchev–Trinajstić information content (AvgIpc) is 2.04. The molecule has 0 aromatic heterocycles. The maximum atomic E-state index is 3.32. The summed E-state index contributed by atoms with van der Waals surface area (Å²) in [6, 6.07) is 0.424. The normalized spacial score (nSPS) is 15.2. The van der Waals surface area contributed by atoms with Gasteiger partial charge in [0.15, 0.2) is 0 Å². The monoisotopic (exact) mass is 173 g/mol. The Morgan fingerprint density at radius 1 is 1.00 bits per heavy atom. The van der Waals surface area contributed by atoms with Gasteiger partial charge in [0, 0.05) is 6.04 Å². The predicted molar refractivity (Wildman–Crippen MR) is 54.2 cm³/mol. The molecule has 0 radical (unpaired) electrons. The lowest BCUT2D eigenvalue weighted by atomic mass is 9.92. The van der Waals surface area contributed by atoms with Gasteiger partial charge in [-0.15, -0.1) is 0 Å². The highest BCUT2D eigenvalue weighted by atomic mass is 15.2. The summed E-state index contributed by atoms with van der Waals surface area (Å²) in [7, 11) is 5.95. The fourth-order valence-corrected chi connectivity index (χ4v) is 1.72. The first-order valence-electron chi connectivity index (χ1n) is 4.57. The van der Waals surface area contributed by atoms with Crippen LogP contribution in [0, 0.1) is 5.92 Å². The van der Waals surface area contributed by atoms with Gasteiger partial charge in [0.05, 0.1) is 5.66 Å². The smallest absolute Gasteiger partial charge is 0.0813 e. The molecule has 3 nitrogen and oxygen atoms in total. The van der Waals surface area contributed by atoms with E-state index in [2.05, 4.69) is 36.7 Å². The highest BCUT2D eigenvalue weighted by molar-refractivity contribution is 4.92. The molecule has 3 N–H and O–H groups in total. The maximum absolute atomic E-state index is 3.32. The summed E-state index contributed by atoms with van der Waals surface area (Å²) in [6.07, 6.45) is 0. The van der Waals surface area contributed by atoms with E-state index in [1.165, 1.54) is 0 Å². The topological polar surface area (TPSA) is 36.1 Å². The van der Waals surface area contributed by atoms with Crippen LogP contribution in [0.2, 0.25) is 0 Å². The van der Waals surface area contributed by atoms with Crippen molar-refractivity contribution in [2.75, 3.05) is 21.1 Å². The predicted octanol–water partition coefficient (Wildman–Crippen LogP) is 0.385. The molecule has 0 heterocycles. The second-order valence-electron chi connectivity index (χ2n) is 3.71. The molecule has 0 fully saturated rings. The van der Waals surface area contributed by atoms with Crippen molar-refractivity contribution >= 4 is 0 Å². The fourth-order valence-electron chi connectivity index (χ4n) is 1.72. The van der Waals surface area contributed by atoms with Gasteiger partial charge in [-0.3, -0.25) is 0 Å². The summed E-state index contributed by atoms with van der Waals surface area (Å²) < 4.78 is 0. The average molecular weight is 173 g/mol. The van der Waals surface area contributed by atoms with Crippen molar-refractivity contribution in [3.63, 3.8) is 0 Å². The molecule has 0 saturated carbocycles. The zero-order valence-electron chi connectivity index (χ0n) is 9.15. The van der Waals surface area contributed by atoms with E-state index in [1.54, 1.807) is 0 Å². The maximum Gasteiger partial charge on any atom is 0.0813 e. The number of likely N-dealkylation sites (N-methyl/N-ethyl adjacent to an activating group) is 3. The van der Waals surface area contributed by atoms with Gasteiger partial charge in [-0.25, -0.2) is 0 Å². The largest absolute Gasteiger partial charge is 0.314 e. The summed E-state index contributed by atoms with van der Waals surface area (Å²) in [5, 5.41) is 9.89. The first-order valence-corrected chi connectivity index (χ1v) is 4.57. The lowest BCUT2D eigenvalue weighted by Gasteiger charge is -2.39. The van der Waals surface area contributed by atoms with Gasteiger partial charge < -0.3 is 16.0 Å². The van der Waals surface area contributed by atoms with E-state index in [0.29, 0.717) is 12.0 Å². The summed E-state index contributed by atoms with van der Waals surface area (Å²) in [4.78, 5) is 0. The molecule has 0 aromatic rings. The fraction of sp³-hybridized carbons (Fsp3) is 1.00. The number of hydrogen-bond acceptors (Lipinski definition) is 3. The molecular formula is C9H23N3. The Morgan fingerprint density at radius 3 is 1.50 bits per heavy atom. The number of hydrogen-bond donors (Lipinski definition) is 3. The van der Waals surface area contributed by atoms with Gasteiger partial charge in [0.2, 0.25) is 0 Å². The van der Waals surface area contributed by atoms with Crippen molar-refractivity contribution < 1.29 is 0 Å². The Hall–Kier alpha value is -0.120. The van der Waals surface area contributed by atoms with Crippen LogP contribution in [-0.2, 0) is 0 Å². The minimum absolute atomic E-state index is 0.0388. The van der Waals surface area contributed by atoms with Crippen LogP contribution in [0.15, 0.2) is 0 Å². The third kappa shape index (κ3) is 2.44. The zero-order chi connectivity index (χ0) is 9.78. The summed E-state index contributed by atoms with van der Waals surface area (Å²) in [5.74, 6) is 0.597. The van der Waals surface area contributed by atoms with Crippen LogP contribution in [0.25, 0.3) is 0 Å². The van der Waals surface area contributed by atoms with E-state index in [-0.39, 0.29) is 5.66 Å². The van der Waals surface area contributed by atoms with Gasteiger partial charge in [-0.2, -0.15) is 0 Å².